The van der Waals surface area contributed by atoms with Crippen LogP contribution in [0.4, 0.5) is 4.39 Å². The van der Waals surface area contributed by atoms with Gasteiger partial charge in [-0.3, -0.25) is 4.90 Å². The molecule has 92 valence electrons. The third-order valence-electron chi connectivity index (χ3n) is 2.33. The van der Waals surface area contributed by atoms with Crippen LogP contribution in [0.25, 0.3) is 0 Å². The van der Waals surface area contributed by atoms with Gasteiger partial charge in [0.15, 0.2) is 0 Å². The van der Waals surface area contributed by atoms with E-state index in [0.717, 1.165) is 13.0 Å². The number of alkyl halides is 1. The smallest absolute Gasteiger partial charge is 0.211 e. The molecule has 1 rings (SSSR count). The molecule has 0 N–H and O–H groups in total. The van der Waals surface area contributed by atoms with Crippen molar-refractivity contribution in [2.75, 3.05) is 27.3 Å². The first kappa shape index (κ1) is 15.2. The number of likely N-dealkylation sites (tertiary alicyclic amines) is 1. The minimum atomic E-state index is -1.25. The third-order valence-corrected chi connectivity index (χ3v) is 2.49. The highest BCUT2D eigenvalue weighted by atomic mass is 31.0. The molecule has 0 spiro atoms. The normalized spacial score (nSPS) is 28.4. The van der Waals surface area contributed by atoms with Gasteiger partial charge in [-0.15, -0.1) is 0 Å². The topological polar surface area (TPSA) is 21.7 Å². The number of halogens is 1. The highest BCUT2D eigenvalue weighted by Gasteiger charge is 2.30. The Balaban J connectivity index is 0.000000921. The van der Waals surface area contributed by atoms with E-state index in [0.29, 0.717) is 12.6 Å². The largest absolute Gasteiger partial charge is 0.383 e. The Morgan fingerprint density at radius 1 is 1.53 bits per heavy atom. The maximum Gasteiger partial charge on any atom is 0.211 e. The fourth-order valence-corrected chi connectivity index (χ4v) is 1.92. The van der Waals surface area contributed by atoms with Crippen LogP contribution in [0.1, 0.15) is 20.3 Å². The van der Waals surface area contributed by atoms with Gasteiger partial charge in [-0.1, -0.05) is 23.1 Å². The quantitative estimate of drug-likeness (QED) is 0.699. The molecule has 0 radical (unpaired) electrons. The summed E-state index contributed by atoms with van der Waals surface area (Å²) in [6.45, 7) is 5.47. The second-order valence-corrected chi connectivity index (χ2v) is 3.92. The van der Waals surface area contributed by atoms with E-state index < -0.39 is 6.10 Å². The van der Waals surface area contributed by atoms with E-state index in [1.54, 1.807) is 7.11 Å². The van der Waals surface area contributed by atoms with Crippen LogP contribution in [0.5, 0.6) is 0 Å². The minimum absolute atomic E-state index is 0.00218. The van der Waals surface area contributed by atoms with Crippen LogP contribution in [0.15, 0.2) is 0 Å². The number of hydrogen-bond donors (Lipinski definition) is 0. The Hall–Kier alpha value is 0.240. The van der Waals surface area contributed by atoms with E-state index in [4.69, 9.17) is 9.47 Å². The van der Waals surface area contributed by atoms with Gasteiger partial charge >= 0.3 is 0 Å². The van der Waals surface area contributed by atoms with E-state index >= 15 is 0 Å². The van der Waals surface area contributed by atoms with Crippen molar-refractivity contribution in [3.05, 3.63) is 0 Å². The Bertz CT molecular complexity index is 160. The molecule has 1 aliphatic rings. The molecule has 1 aliphatic heterocycles. The van der Waals surface area contributed by atoms with Crippen molar-refractivity contribution >= 4 is 9.24 Å². The van der Waals surface area contributed by atoms with E-state index in [2.05, 4.69) is 4.90 Å². The number of rotatable bonds is 4. The number of hydrogen-bond acceptors (Lipinski definition) is 3. The second kappa shape index (κ2) is 8.40. The third kappa shape index (κ3) is 5.76. The highest BCUT2D eigenvalue weighted by molar-refractivity contribution is 7.16. The van der Waals surface area contributed by atoms with E-state index in [9.17, 15) is 4.39 Å². The van der Waals surface area contributed by atoms with E-state index in [-0.39, 0.29) is 6.10 Å². The lowest BCUT2D eigenvalue weighted by molar-refractivity contribution is -0.0242. The molecule has 0 aliphatic carbocycles. The average molecular weight is 239 g/mol. The lowest BCUT2D eigenvalue weighted by atomic mass is 10.2. The summed E-state index contributed by atoms with van der Waals surface area (Å²) in [6, 6.07) is 0.360. The van der Waals surface area contributed by atoms with Gasteiger partial charge in [0.2, 0.25) is 6.10 Å². The summed E-state index contributed by atoms with van der Waals surface area (Å²) in [6.07, 6.45) is -0.406. The van der Waals surface area contributed by atoms with E-state index in [1.807, 2.05) is 30.1 Å². The zero-order valence-electron chi connectivity index (χ0n) is 10.1. The van der Waals surface area contributed by atoms with Crippen LogP contribution >= 0.6 is 9.24 Å². The molecule has 4 atom stereocenters. The van der Waals surface area contributed by atoms with Crippen LogP contribution in [-0.2, 0) is 9.47 Å². The van der Waals surface area contributed by atoms with Crippen LogP contribution in [0.2, 0.25) is 0 Å². The maximum absolute atomic E-state index is 12.5. The van der Waals surface area contributed by atoms with Crippen LogP contribution < -0.4 is 0 Å². The fourth-order valence-electron chi connectivity index (χ4n) is 1.70. The Labute approximate surface area is 94.5 Å². The molecular formula is C10H23FNO2P. The summed E-state index contributed by atoms with van der Waals surface area (Å²) < 4.78 is 22.6. The molecule has 0 aromatic heterocycles. The molecule has 0 aromatic carbocycles. The maximum atomic E-state index is 12.5. The van der Waals surface area contributed by atoms with Gasteiger partial charge in [-0.25, -0.2) is 4.39 Å². The summed E-state index contributed by atoms with van der Waals surface area (Å²) >= 11 is 0. The van der Waals surface area contributed by atoms with Gasteiger partial charge in [0.1, 0.15) is 0 Å². The predicted molar refractivity (Wildman–Crippen MR) is 63.7 cm³/mol. The van der Waals surface area contributed by atoms with Crippen molar-refractivity contribution < 1.29 is 13.9 Å². The summed E-state index contributed by atoms with van der Waals surface area (Å²) in [5, 5.41) is 0. The monoisotopic (exact) mass is 239 g/mol. The first-order valence-electron chi connectivity index (χ1n) is 5.37. The van der Waals surface area contributed by atoms with Crippen LogP contribution in [0, 0.1) is 0 Å². The molecule has 1 fully saturated rings. The molecule has 1 heterocycles. The van der Waals surface area contributed by atoms with Crippen molar-refractivity contribution in [1.29, 1.82) is 0 Å². The standard InChI is InChI=1S/C8H17FNO2P.C2H6/c1-10-4-7(12-8(9)13)3-6(10)5-11-2;1-2/h6-8H,3-5,13H2,1-2H3;1-2H3. The Morgan fingerprint density at radius 3 is 2.60 bits per heavy atom. The minimum Gasteiger partial charge on any atom is -0.383 e. The summed E-state index contributed by atoms with van der Waals surface area (Å²) in [4.78, 5) is 2.14. The predicted octanol–water partition coefficient (Wildman–Crippen LogP) is 1.88. The molecule has 15 heavy (non-hydrogen) atoms. The molecular weight excluding hydrogens is 216 g/mol. The average Bonchev–Trinajstić information content (AvgIpc) is 2.50. The SMILES string of the molecule is CC.COCC1CC(OC(F)P)CN1C. The molecule has 1 saturated heterocycles. The molecule has 0 amide bonds. The van der Waals surface area contributed by atoms with Crippen molar-refractivity contribution in [3.8, 4) is 0 Å². The van der Waals surface area contributed by atoms with Gasteiger partial charge in [-0.2, -0.15) is 0 Å². The zero-order chi connectivity index (χ0) is 11.8. The first-order chi connectivity index (χ1) is 7.13. The molecule has 0 bridgehead atoms. The molecule has 5 heteroatoms. The number of nitrogens with zero attached hydrogens (tertiary/aromatic N) is 1. The van der Waals surface area contributed by atoms with Crippen LogP contribution in [-0.4, -0.2) is 50.5 Å². The first-order valence-corrected chi connectivity index (χ1v) is 6.04. The number of ether oxygens (including phenoxy) is 2. The van der Waals surface area contributed by atoms with E-state index in [1.165, 1.54) is 0 Å². The van der Waals surface area contributed by atoms with Crippen molar-refractivity contribution in [1.82, 2.24) is 4.90 Å². The van der Waals surface area contributed by atoms with Gasteiger partial charge < -0.3 is 9.47 Å². The van der Waals surface area contributed by atoms with Crippen molar-refractivity contribution in [2.45, 2.75) is 38.5 Å². The summed E-state index contributed by atoms with van der Waals surface area (Å²) in [5.41, 5.74) is 0. The number of methoxy groups -OCH3 is 1. The van der Waals surface area contributed by atoms with Gasteiger partial charge in [0, 0.05) is 19.7 Å². The second-order valence-electron chi connectivity index (χ2n) is 3.39. The zero-order valence-corrected chi connectivity index (χ0v) is 11.2. The summed E-state index contributed by atoms with van der Waals surface area (Å²) in [5.74, 6) is 0. The van der Waals surface area contributed by atoms with Crippen molar-refractivity contribution in [3.63, 3.8) is 0 Å². The van der Waals surface area contributed by atoms with Crippen molar-refractivity contribution in [2.24, 2.45) is 0 Å². The summed E-state index contributed by atoms with van der Waals surface area (Å²) in [7, 11) is 5.68. The molecule has 0 aromatic rings. The fraction of sp³-hybridized carbons (Fsp3) is 1.00. The lowest BCUT2D eigenvalue weighted by Gasteiger charge is -2.16. The van der Waals surface area contributed by atoms with Gasteiger partial charge in [-0.05, 0) is 13.5 Å². The van der Waals surface area contributed by atoms with Gasteiger partial charge in [0.25, 0.3) is 0 Å². The lowest BCUT2D eigenvalue weighted by Crippen LogP contribution is -2.29. The van der Waals surface area contributed by atoms with Gasteiger partial charge in [0.05, 0.1) is 12.7 Å². The highest BCUT2D eigenvalue weighted by Crippen LogP contribution is 2.21. The molecule has 3 nitrogen and oxygen atoms in total. The number of likely N-dealkylation sites (N-methyl/N-ethyl adjacent to an activating group) is 1. The Morgan fingerprint density at radius 2 is 2.13 bits per heavy atom. The Kier molecular flexibility index (Phi) is 8.53. The molecule has 0 saturated carbocycles. The molecule has 4 unspecified atom stereocenters. The van der Waals surface area contributed by atoms with Crippen LogP contribution in [0.3, 0.4) is 0 Å².